The molecule has 10 heavy (non-hydrogen) atoms. The minimum Gasteiger partial charge on any atom is -0.265 e. The summed E-state index contributed by atoms with van der Waals surface area (Å²) in [6, 6.07) is 4.09. The van der Waals surface area contributed by atoms with E-state index in [1.54, 1.807) is 0 Å². The van der Waals surface area contributed by atoms with E-state index in [0.29, 0.717) is 5.92 Å². The third-order valence-corrected chi connectivity index (χ3v) is 1.37. The molecule has 0 saturated heterocycles. The summed E-state index contributed by atoms with van der Waals surface area (Å²) in [4.78, 5) is 3.93. The third kappa shape index (κ3) is 2.51. The van der Waals surface area contributed by atoms with Crippen LogP contribution in [0.25, 0.3) is 0 Å². The smallest absolute Gasteiger partial charge is 0.0270 e. The molecule has 0 unspecified atom stereocenters. The number of hydrogen-bond acceptors (Lipinski definition) is 1. The van der Waals surface area contributed by atoms with E-state index in [1.165, 1.54) is 5.56 Å². The van der Waals surface area contributed by atoms with E-state index in [0.717, 1.165) is 0 Å². The zero-order chi connectivity index (χ0) is 6.69. The van der Waals surface area contributed by atoms with Crippen molar-refractivity contribution < 1.29 is 17.4 Å². The molecule has 1 rings (SSSR count). The van der Waals surface area contributed by atoms with Gasteiger partial charge in [0.05, 0.1) is 0 Å². The van der Waals surface area contributed by atoms with Gasteiger partial charge >= 0.3 is 0 Å². The van der Waals surface area contributed by atoms with Gasteiger partial charge in [0.2, 0.25) is 0 Å². The zero-order valence-electron chi connectivity index (χ0n) is 6.24. The second kappa shape index (κ2) is 4.49. The Bertz CT molecular complexity index is 172. The Kier molecular flexibility index (Phi) is 4.35. The Morgan fingerprint density at radius 3 is 2.00 bits per heavy atom. The number of nitrogens with zero attached hydrogens (tertiary/aromatic N) is 1. The molecule has 2 heteroatoms. The molecule has 1 aromatic heterocycles. The molecule has 0 aliphatic rings. The molecule has 54 valence electrons. The molecule has 1 nitrogen and oxygen atoms in total. The molecule has 0 N–H and O–H groups in total. The summed E-state index contributed by atoms with van der Waals surface area (Å²) in [5, 5.41) is 0. The zero-order valence-corrected chi connectivity index (χ0v) is 7.52. The van der Waals surface area contributed by atoms with Crippen molar-refractivity contribution in [2.75, 3.05) is 0 Å². The van der Waals surface area contributed by atoms with Crippen molar-refractivity contribution in [3.63, 3.8) is 0 Å². The monoisotopic (exact) mass is 173 g/mol. The van der Waals surface area contributed by atoms with Crippen LogP contribution in [0.1, 0.15) is 25.3 Å². The van der Waals surface area contributed by atoms with Crippen molar-refractivity contribution in [1.82, 2.24) is 4.98 Å². The van der Waals surface area contributed by atoms with Gasteiger partial charge in [-0.3, -0.25) is 4.98 Å². The summed E-state index contributed by atoms with van der Waals surface area (Å²) >= 11 is 0. The summed E-state index contributed by atoms with van der Waals surface area (Å²) in [6.07, 6.45) is 3.66. The van der Waals surface area contributed by atoms with Gasteiger partial charge in [0, 0.05) is 29.8 Å². The van der Waals surface area contributed by atoms with Crippen LogP contribution in [0.2, 0.25) is 0 Å². The van der Waals surface area contributed by atoms with E-state index in [4.69, 9.17) is 0 Å². The van der Waals surface area contributed by atoms with Crippen LogP contribution in [0, 0.1) is 0 Å². The van der Waals surface area contributed by atoms with E-state index >= 15 is 0 Å². The maximum atomic E-state index is 3.93. The largest absolute Gasteiger partial charge is 0.265 e. The molecule has 0 aliphatic heterocycles. The fourth-order valence-electron chi connectivity index (χ4n) is 0.748. The number of rotatable bonds is 1. The summed E-state index contributed by atoms with van der Waals surface area (Å²) < 4.78 is 0. The molecule has 0 aromatic carbocycles. The van der Waals surface area contributed by atoms with Crippen LogP contribution in [-0.2, 0) is 17.4 Å². The molecule has 1 heterocycles. The van der Waals surface area contributed by atoms with E-state index < -0.39 is 0 Å². The molecule has 0 radical (unpaired) electrons. The van der Waals surface area contributed by atoms with Crippen molar-refractivity contribution in [3.05, 3.63) is 30.1 Å². The Morgan fingerprint density at radius 2 is 1.70 bits per heavy atom. The molecule has 0 aliphatic carbocycles. The second-order valence-corrected chi connectivity index (χ2v) is 2.44. The van der Waals surface area contributed by atoms with Crippen molar-refractivity contribution >= 4 is 0 Å². The summed E-state index contributed by atoms with van der Waals surface area (Å²) in [5.41, 5.74) is 1.35. The average molecular weight is 173 g/mol. The number of aromatic nitrogens is 1. The van der Waals surface area contributed by atoms with Crippen molar-refractivity contribution in [1.29, 1.82) is 0 Å². The summed E-state index contributed by atoms with van der Waals surface area (Å²) in [6.45, 7) is 4.35. The first-order valence-electron chi connectivity index (χ1n) is 3.20. The van der Waals surface area contributed by atoms with Crippen molar-refractivity contribution in [2.45, 2.75) is 19.8 Å². The maximum absolute atomic E-state index is 3.93. The first-order chi connectivity index (χ1) is 4.30. The maximum Gasteiger partial charge on any atom is 0.0270 e. The first-order valence-corrected chi connectivity index (χ1v) is 3.20. The Morgan fingerprint density at radius 1 is 1.20 bits per heavy atom. The van der Waals surface area contributed by atoms with E-state index in [2.05, 4.69) is 18.8 Å². The molecule has 1 aromatic rings. The molecule has 0 bridgehead atoms. The quantitative estimate of drug-likeness (QED) is 0.634. The Balaban J connectivity index is 0.000000810. The van der Waals surface area contributed by atoms with Gasteiger partial charge in [0.15, 0.2) is 0 Å². The minimum atomic E-state index is 0. The molecule has 0 amide bonds. The van der Waals surface area contributed by atoms with Gasteiger partial charge in [0.1, 0.15) is 0 Å². The topological polar surface area (TPSA) is 12.9 Å². The summed E-state index contributed by atoms with van der Waals surface area (Å²) in [7, 11) is 0. The van der Waals surface area contributed by atoms with E-state index in [9.17, 15) is 0 Å². The van der Waals surface area contributed by atoms with Gasteiger partial charge < -0.3 is 0 Å². The number of pyridine rings is 1. The summed E-state index contributed by atoms with van der Waals surface area (Å²) in [5.74, 6) is 0.619. The third-order valence-electron chi connectivity index (χ3n) is 1.37. The van der Waals surface area contributed by atoms with E-state index in [-0.39, 0.29) is 17.4 Å². The van der Waals surface area contributed by atoms with Gasteiger partial charge in [0.25, 0.3) is 0 Å². The van der Waals surface area contributed by atoms with Crippen molar-refractivity contribution in [3.8, 4) is 0 Å². The van der Waals surface area contributed by atoms with Crippen LogP contribution in [0.15, 0.2) is 24.5 Å². The Hall–Kier alpha value is -0.318. The average Bonchev–Trinajstić information content (AvgIpc) is 1.90. The first kappa shape index (κ1) is 9.68. The standard InChI is InChI=1S/C8H11N.Cr/c1-7(2)8-3-5-9-6-4-8;/h3-7H,1-2H3;. The fraction of sp³-hybridized carbons (Fsp3) is 0.375. The molecule has 0 fully saturated rings. The number of hydrogen-bond donors (Lipinski definition) is 0. The van der Waals surface area contributed by atoms with Gasteiger partial charge in [-0.2, -0.15) is 0 Å². The van der Waals surface area contributed by atoms with Gasteiger partial charge in [-0.15, -0.1) is 0 Å². The molecular formula is C8H11CrN. The van der Waals surface area contributed by atoms with Crippen molar-refractivity contribution in [2.24, 2.45) is 0 Å². The molecule has 0 saturated carbocycles. The normalized spacial score (nSPS) is 9.10. The van der Waals surface area contributed by atoms with Gasteiger partial charge in [-0.1, -0.05) is 13.8 Å². The van der Waals surface area contributed by atoms with Crippen LogP contribution >= 0.6 is 0 Å². The SMILES string of the molecule is CC(C)c1ccncc1.[Cr]. The van der Waals surface area contributed by atoms with Gasteiger partial charge in [-0.05, 0) is 23.6 Å². The van der Waals surface area contributed by atoms with E-state index in [1.807, 2.05) is 24.5 Å². The van der Waals surface area contributed by atoms with Crippen LogP contribution in [0.5, 0.6) is 0 Å². The fourth-order valence-corrected chi connectivity index (χ4v) is 0.748. The molecule has 0 atom stereocenters. The predicted molar refractivity (Wildman–Crippen MR) is 38.3 cm³/mol. The van der Waals surface area contributed by atoms with Gasteiger partial charge in [-0.25, -0.2) is 0 Å². The molecule has 0 spiro atoms. The predicted octanol–water partition coefficient (Wildman–Crippen LogP) is 2.20. The van der Waals surface area contributed by atoms with Crippen LogP contribution < -0.4 is 0 Å². The van der Waals surface area contributed by atoms with Crippen LogP contribution in [0.3, 0.4) is 0 Å². The minimum absolute atomic E-state index is 0. The Labute approximate surface area is 72.6 Å². The van der Waals surface area contributed by atoms with Crippen LogP contribution in [-0.4, -0.2) is 4.98 Å². The second-order valence-electron chi connectivity index (χ2n) is 2.44. The molecular weight excluding hydrogens is 162 g/mol. The van der Waals surface area contributed by atoms with Crippen LogP contribution in [0.4, 0.5) is 0 Å².